The number of rotatable bonds is 2. The number of benzene rings is 1. The van der Waals surface area contributed by atoms with E-state index in [0.717, 1.165) is 63.6 Å². The highest BCUT2D eigenvalue weighted by atomic mass is 16.3. The first-order valence-corrected chi connectivity index (χ1v) is 9.82. The number of phenolic OH excluding ortho intramolecular Hbond substituents is 1. The molecule has 6 heteroatoms. The monoisotopic (exact) mass is 357 g/mol. The Hall–Kier alpha value is -2.24. The van der Waals surface area contributed by atoms with E-state index in [0.29, 0.717) is 18.7 Å². The summed E-state index contributed by atoms with van der Waals surface area (Å²) in [6.45, 7) is 2.81. The number of carbonyl (C=O) groups is 2. The van der Waals surface area contributed by atoms with Crippen LogP contribution in [0, 0.1) is 0 Å². The van der Waals surface area contributed by atoms with Crippen molar-refractivity contribution in [1.29, 1.82) is 0 Å². The van der Waals surface area contributed by atoms with Crippen LogP contribution in [0.15, 0.2) is 12.1 Å². The molecule has 1 aromatic carbocycles. The summed E-state index contributed by atoms with van der Waals surface area (Å²) >= 11 is 0. The Kier molecular flexibility index (Phi) is 4.74. The SMILES string of the molecule is O=C(c1ccc2c(c1O)CCCC2)N1CCC(N2CCCNC2=O)CC1. The van der Waals surface area contributed by atoms with Gasteiger partial charge in [-0.1, -0.05) is 6.07 Å². The van der Waals surface area contributed by atoms with Crippen molar-refractivity contribution in [3.63, 3.8) is 0 Å². The van der Waals surface area contributed by atoms with Crippen molar-refractivity contribution in [2.45, 2.75) is 51.0 Å². The standard InChI is InChI=1S/C20H27N3O3/c24-18-16-5-2-1-4-14(16)6-7-17(18)19(25)22-12-8-15(9-13-22)23-11-3-10-21-20(23)26/h6-7,15,24H,1-5,8-13H2,(H,21,26). The van der Waals surface area contributed by atoms with Crippen LogP contribution >= 0.6 is 0 Å². The van der Waals surface area contributed by atoms with Crippen LogP contribution in [0.3, 0.4) is 0 Å². The second-order valence-electron chi connectivity index (χ2n) is 7.61. The van der Waals surface area contributed by atoms with Gasteiger partial charge in [0.15, 0.2) is 0 Å². The zero-order chi connectivity index (χ0) is 18.1. The van der Waals surface area contributed by atoms with E-state index in [2.05, 4.69) is 5.32 Å². The average Bonchev–Trinajstić information content (AvgIpc) is 2.69. The quantitative estimate of drug-likeness (QED) is 0.853. The maximum absolute atomic E-state index is 12.9. The Bertz CT molecular complexity index is 710. The third-order valence-corrected chi connectivity index (χ3v) is 6.04. The predicted molar refractivity (Wildman–Crippen MR) is 98.4 cm³/mol. The highest BCUT2D eigenvalue weighted by Crippen LogP contribution is 2.33. The Labute approximate surface area is 154 Å². The second kappa shape index (κ2) is 7.17. The zero-order valence-corrected chi connectivity index (χ0v) is 15.2. The highest BCUT2D eigenvalue weighted by Gasteiger charge is 2.32. The maximum Gasteiger partial charge on any atom is 0.317 e. The third kappa shape index (κ3) is 3.13. The molecule has 0 unspecified atom stereocenters. The van der Waals surface area contributed by atoms with E-state index in [1.54, 1.807) is 6.07 Å². The van der Waals surface area contributed by atoms with E-state index in [1.807, 2.05) is 15.9 Å². The normalized spacial score (nSPS) is 21.3. The van der Waals surface area contributed by atoms with Crippen molar-refractivity contribution in [2.24, 2.45) is 0 Å². The van der Waals surface area contributed by atoms with E-state index in [9.17, 15) is 14.7 Å². The van der Waals surface area contributed by atoms with Gasteiger partial charge in [-0.2, -0.15) is 0 Å². The van der Waals surface area contributed by atoms with Crippen LogP contribution < -0.4 is 5.32 Å². The van der Waals surface area contributed by atoms with Gasteiger partial charge in [0, 0.05) is 32.2 Å². The molecule has 3 amide bonds. The molecule has 140 valence electrons. The van der Waals surface area contributed by atoms with Crippen molar-refractivity contribution >= 4 is 11.9 Å². The van der Waals surface area contributed by atoms with Gasteiger partial charge in [-0.15, -0.1) is 0 Å². The molecule has 2 aliphatic heterocycles. The highest BCUT2D eigenvalue weighted by molar-refractivity contribution is 5.97. The van der Waals surface area contributed by atoms with Crippen LogP contribution in [0.25, 0.3) is 0 Å². The lowest BCUT2D eigenvalue weighted by Gasteiger charge is -2.40. The minimum Gasteiger partial charge on any atom is -0.507 e. The number of amides is 3. The Morgan fingerprint density at radius 1 is 1.08 bits per heavy atom. The van der Waals surface area contributed by atoms with Gasteiger partial charge in [0.25, 0.3) is 5.91 Å². The number of nitrogens with one attached hydrogen (secondary N) is 1. The van der Waals surface area contributed by atoms with E-state index in [-0.39, 0.29) is 23.7 Å². The number of likely N-dealkylation sites (tertiary alicyclic amines) is 1. The fourth-order valence-electron chi connectivity index (χ4n) is 4.53. The molecular formula is C20H27N3O3. The Morgan fingerprint density at radius 3 is 2.62 bits per heavy atom. The predicted octanol–water partition coefficient (Wildman–Crippen LogP) is 2.29. The van der Waals surface area contributed by atoms with Crippen molar-refractivity contribution in [3.05, 3.63) is 28.8 Å². The topological polar surface area (TPSA) is 72.9 Å². The number of fused-ring (bicyclic) bond motifs is 1. The number of phenols is 1. The molecule has 1 aliphatic carbocycles. The van der Waals surface area contributed by atoms with Crippen LogP contribution in [0.2, 0.25) is 0 Å². The van der Waals surface area contributed by atoms with Gasteiger partial charge in [-0.25, -0.2) is 4.79 Å². The molecule has 0 saturated carbocycles. The van der Waals surface area contributed by atoms with Crippen molar-refractivity contribution in [3.8, 4) is 5.75 Å². The average molecular weight is 357 g/mol. The van der Waals surface area contributed by atoms with Crippen molar-refractivity contribution in [1.82, 2.24) is 15.1 Å². The van der Waals surface area contributed by atoms with Crippen LogP contribution in [-0.4, -0.2) is 59.1 Å². The number of nitrogens with zero attached hydrogens (tertiary/aromatic N) is 2. The number of carbonyl (C=O) groups excluding carboxylic acids is 2. The van der Waals surface area contributed by atoms with Gasteiger partial charge in [0.1, 0.15) is 5.75 Å². The summed E-state index contributed by atoms with van der Waals surface area (Å²) in [7, 11) is 0. The van der Waals surface area contributed by atoms with Crippen LogP contribution in [0.4, 0.5) is 4.79 Å². The van der Waals surface area contributed by atoms with Gasteiger partial charge in [-0.3, -0.25) is 4.79 Å². The van der Waals surface area contributed by atoms with Gasteiger partial charge >= 0.3 is 6.03 Å². The molecule has 0 spiro atoms. The van der Waals surface area contributed by atoms with Crippen LogP contribution in [0.5, 0.6) is 5.75 Å². The number of hydrogen-bond donors (Lipinski definition) is 2. The molecule has 0 aromatic heterocycles. The lowest BCUT2D eigenvalue weighted by Crippen LogP contribution is -2.54. The minimum absolute atomic E-state index is 0.0216. The largest absolute Gasteiger partial charge is 0.507 e. The summed E-state index contributed by atoms with van der Waals surface area (Å²) in [6, 6.07) is 4.02. The van der Waals surface area contributed by atoms with E-state index in [4.69, 9.17) is 0 Å². The fourth-order valence-corrected chi connectivity index (χ4v) is 4.53. The summed E-state index contributed by atoms with van der Waals surface area (Å²) in [6.07, 6.45) is 6.64. The first kappa shape index (κ1) is 17.2. The molecule has 0 bridgehead atoms. The molecular weight excluding hydrogens is 330 g/mol. The molecule has 1 aromatic rings. The van der Waals surface area contributed by atoms with Crippen molar-refractivity contribution in [2.75, 3.05) is 26.2 Å². The molecule has 2 saturated heterocycles. The minimum atomic E-state index is -0.0857. The number of piperidine rings is 1. The van der Waals surface area contributed by atoms with Crippen LogP contribution in [0.1, 0.15) is 53.6 Å². The fraction of sp³-hybridized carbons (Fsp3) is 0.600. The number of aryl methyl sites for hydroxylation is 1. The van der Waals surface area contributed by atoms with Gasteiger partial charge in [-0.05, 0) is 62.1 Å². The number of aromatic hydroxyl groups is 1. The molecule has 4 rings (SSSR count). The number of hydrogen-bond acceptors (Lipinski definition) is 3. The molecule has 0 radical (unpaired) electrons. The molecule has 2 fully saturated rings. The summed E-state index contributed by atoms with van der Waals surface area (Å²) in [5.74, 6) is 0.0992. The van der Waals surface area contributed by atoms with E-state index in [1.165, 1.54) is 5.56 Å². The van der Waals surface area contributed by atoms with Gasteiger partial charge < -0.3 is 20.2 Å². The van der Waals surface area contributed by atoms with Crippen molar-refractivity contribution < 1.29 is 14.7 Å². The first-order chi connectivity index (χ1) is 12.6. The van der Waals surface area contributed by atoms with E-state index < -0.39 is 0 Å². The zero-order valence-electron chi connectivity index (χ0n) is 15.2. The second-order valence-corrected chi connectivity index (χ2v) is 7.61. The summed E-state index contributed by atoms with van der Waals surface area (Å²) < 4.78 is 0. The van der Waals surface area contributed by atoms with Gasteiger partial charge in [0.05, 0.1) is 5.56 Å². The lowest BCUT2D eigenvalue weighted by atomic mass is 9.89. The first-order valence-electron chi connectivity index (χ1n) is 9.82. The maximum atomic E-state index is 12.9. The smallest absolute Gasteiger partial charge is 0.317 e. The van der Waals surface area contributed by atoms with E-state index >= 15 is 0 Å². The Morgan fingerprint density at radius 2 is 1.85 bits per heavy atom. The molecule has 2 N–H and O–H groups in total. The number of urea groups is 1. The molecule has 0 atom stereocenters. The summed E-state index contributed by atoms with van der Waals surface area (Å²) in [5.41, 5.74) is 2.57. The molecule has 3 aliphatic rings. The Balaban J connectivity index is 1.43. The molecule has 26 heavy (non-hydrogen) atoms. The van der Waals surface area contributed by atoms with Crippen LogP contribution in [-0.2, 0) is 12.8 Å². The summed E-state index contributed by atoms with van der Waals surface area (Å²) in [5, 5.41) is 13.5. The third-order valence-electron chi connectivity index (χ3n) is 6.04. The molecule has 2 heterocycles. The summed E-state index contributed by atoms with van der Waals surface area (Å²) in [4.78, 5) is 28.7. The van der Waals surface area contributed by atoms with Gasteiger partial charge in [0.2, 0.25) is 0 Å². The molecule has 6 nitrogen and oxygen atoms in total. The lowest BCUT2D eigenvalue weighted by molar-refractivity contribution is 0.0639.